The van der Waals surface area contributed by atoms with Gasteiger partial charge in [-0.15, -0.1) is 0 Å². The lowest BCUT2D eigenvalue weighted by molar-refractivity contribution is -0.147. The number of halogens is 2. The fraction of sp³-hybridized carbons (Fsp3) is 0.222. The minimum Gasteiger partial charge on any atom is -0.494 e. The summed E-state index contributed by atoms with van der Waals surface area (Å²) >= 11 is 5.62. The molecule has 132 valence electrons. The number of anilines is 1. The van der Waals surface area contributed by atoms with Gasteiger partial charge >= 0.3 is 5.97 Å². The number of benzene rings is 2. The van der Waals surface area contributed by atoms with Crippen molar-refractivity contribution in [3.8, 4) is 5.75 Å². The SMILES string of the molecule is O=C(COC(=O)CCCOc1ccccc1)Nc1ccc(Cl)cc1F. The summed E-state index contributed by atoms with van der Waals surface area (Å²) in [5.41, 5.74) is -0.0262. The molecule has 25 heavy (non-hydrogen) atoms. The zero-order chi connectivity index (χ0) is 18.1. The molecule has 0 aliphatic carbocycles. The molecule has 0 radical (unpaired) electrons. The Balaban J connectivity index is 1.63. The molecular weight excluding hydrogens is 349 g/mol. The van der Waals surface area contributed by atoms with Gasteiger partial charge in [0.2, 0.25) is 0 Å². The normalized spacial score (nSPS) is 10.2. The highest BCUT2D eigenvalue weighted by Crippen LogP contribution is 2.18. The van der Waals surface area contributed by atoms with Gasteiger partial charge < -0.3 is 14.8 Å². The van der Waals surface area contributed by atoms with Crippen molar-refractivity contribution < 1.29 is 23.5 Å². The van der Waals surface area contributed by atoms with Crippen molar-refractivity contribution in [2.45, 2.75) is 12.8 Å². The minimum atomic E-state index is -0.662. The Hall–Kier alpha value is -2.60. The van der Waals surface area contributed by atoms with E-state index in [-0.39, 0.29) is 17.1 Å². The zero-order valence-electron chi connectivity index (χ0n) is 13.3. The molecular formula is C18H17ClFNO4. The second-order valence-corrected chi connectivity index (χ2v) is 5.53. The third kappa shape index (κ3) is 6.81. The minimum absolute atomic E-state index is 0.0262. The number of rotatable bonds is 8. The Labute approximate surface area is 149 Å². The molecule has 0 spiro atoms. The van der Waals surface area contributed by atoms with Crippen molar-refractivity contribution in [1.82, 2.24) is 0 Å². The molecule has 0 fully saturated rings. The summed E-state index contributed by atoms with van der Waals surface area (Å²) in [6.45, 7) is -0.123. The monoisotopic (exact) mass is 365 g/mol. The molecule has 5 nitrogen and oxygen atoms in total. The van der Waals surface area contributed by atoms with Crippen LogP contribution in [0.25, 0.3) is 0 Å². The summed E-state index contributed by atoms with van der Waals surface area (Å²) < 4.78 is 23.8. The van der Waals surface area contributed by atoms with E-state index in [2.05, 4.69) is 5.32 Å². The lowest BCUT2D eigenvalue weighted by Gasteiger charge is -2.08. The van der Waals surface area contributed by atoms with Gasteiger partial charge in [0.15, 0.2) is 6.61 Å². The molecule has 2 aromatic rings. The fourth-order valence-corrected chi connectivity index (χ4v) is 2.08. The molecule has 2 aromatic carbocycles. The molecule has 0 aromatic heterocycles. The van der Waals surface area contributed by atoms with Crippen LogP contribution in [0.4, 0.5) is 10.1 Å². The quantitative estimate of drug-likeness (QED) is 0.570. The lowest BCUT2D eigenvalue weighted by Crippen LogP contribution is -2.21. The van der Waals surface area contributed by atoms with E-state index in [0.717, 1.165) is 11.8 Å². The molecule has 7 heteroatoms. The van der Waals surface area contributed by atoms with E-state index in [0.29, 0.717) is 13.0 Å². The van der Waals surface area contributed by atoms with Crippen LogP contribution in [0, 0.1) is 5.82 Å². The van der Waals surface area contributed by atoms with Crippen molar-refractivity contribution in [3.05, 3.63) is 59.4 Å². The van der Waals surface area contributed by atoms with E-state index < -0.39 is 24.3 Å². The number of amides is 1. The van der Waals surface area contributed by atoms with Gasteiger partial charge in [0, 0.05) is 11.4 Å². The first-order valence-electron chi connectivity index (χ1n) is 7.63. The van der Waals surface area contributed by atoms with E-state index in [1.54, 1.807) is 0 Å². The average molecular weight is 366 g/mol. The van der Waals surface area contributed by atoms with Crippen LogP contribution in [0.1, 0.15) is 12.8 Å². The highest BCUT2D eigenvalue weighted by molar-refractivity contribution is 6.30. The molecule has 0 atom stereocenters. The summed E-state index contributed by atoms with van der Waals surface area (Å²) in [5, 5.41) is 2.53. The zero-order valence-corrected chi connectivity index (χ0v) is 14.1. The number of nitrogens with one attached hydrogen (secondary N) is 1. The van der Waals surface area contributed by atoms with Crippen molar-refractivity contribution in [2.75, 3.05) is 18.5 Å². The van der Waals surface area contributed by atoms with Crippen LogP contribution >= 0.6 is 11.6 Å². The van der Waals surface area contributed by atoms with E-state index in [9.17, 15) is 14.0 Å². The van der Waals surface area contributed by atoms with Gasteiger partial charge in [-0.2, -0.15) is 0 Å². The predicted molar refractivity (Wildman–Crippen MR) is 92.2 cm³/mol. The molecule has 0 aliphatic rings. The van der Waals surface area contributed by atoms with Gasteiger partial charge in [-0.3, -0.25) is 9.59 Å². The topological polar surface area (TPSA) is 64.6 Å². The van der Waals surface area contributed by atoms with Crippen molar-refractivity contribution >= 4 is 29.2 Å². The molecule has 0 heterocycles. The smallest absolute Gasteiger partial charge is 0.306 e. The van der Waals surface area contributed by atoms with Gasteiger partial charge in [-0.25, -0.2) is 4.39 Å². The lowest BCUT2D eigenvalue weighted by atomic mass is 10.3. The Kier molecular flexibility index (Phi) is 7.22. The number of hydrogen-bond acceptors (Lipinski definition) is 4. The molecule has 0 bridgehead atoms. The number of hydrogen-bond donors (Lipinski definition) is 1. The first kappa shape index (κ1) is 18.7. The van der Waals surface area contributed by atoms with Gasteiger partial charge in [-0.1, -0.05) is 29.8 Å². The molecule has 0 saturated heterocycles. The number of carbonyl (C=O) groups excluding carboxylic acids is 2. The number of ether oxygens (including phenoxy) is 2. The van der Waals surface area contributed by atoms with Crippen molar-refractivity contribution in [2.24, 2.45) is 0 Å². The van der Waals surface area contributed by atoms with Gasteiger partial charge in [0.25, 0.3) is 5.91 Å². The summed E-state index contributed by atoms with van der Waals surface area (Å²) in [6.07, 6.45) is 0.580. The molecule has 1 amide bonds. The second kappa shape index (κ2) is 9.64. The van der Waals surface area contributed by atoms with Gasteiger partial charge in [-0.05, 0) is 36.8 Å². The molecule has 0 unspecified atom stereocenters. The Morgan fingerprint density at radius 1 is 1.12 bits per heavy atom. The summed E-state index contributed by atoms with van der Waals surface area (Å²) in [6, 6.07) is 13.1. The maximum Gasteiger partial charge on any atom is 0.306 e. The van der Waals surface area contributed by atoms with Crippen LogP contribution < -0.4 is 10.1 Å². The van der Waals surface area contributed by atoms with Crippen LogP contribution in [-0.2, 0) is 14.3 Å². The Morgan fingerprint density at radius 3 is 2.60 bits per heavy atom. The first-order valence-corrected chi connectivity index (χ1v) is 8.01. The van der Waals surface area contributed by atoms with Crippen molar-refractivity contribution in [1.29, 1.82) is 0 Å². The van der Waals surface area contributed by atoms with Crippen LogP contribution in [0.15, 0.2) is 48.5 Å². The van der Waals surface area contributed by atoms with E-state index >= 15 is 0 Å². The maximum absolute atomic E-state index is 13.5. The standard InChI is InChI=1S/C18H17ClFNO4/c19-13-8-9-16(15(20)11-13)21-17(22)12-25-18(23)7-4-10-24-14-5-2-1-3-6-14/h1-3,5-6,8-9,11H,4,7,10,12H2,(H,21,22). The van der Waals surface area contributed by atoms with Crippen molar-refractivity contribution in [3.63, 3.8) is 0 Å². The summed E-state index contributed by atoms with van der Waals surface area (Å²) in [4.78, 5) is 23.2. The number of carbonyl (C=O) groups is 2. The van der Waals surface area contributed by atoms with Crippen LogP contribution in [-0.4, -0.2) is 25.1 Å². The largest absolute Gasteiger partial charge is 0.494 e. The molecule has 2 rings (SSSR count). The third-order valence-electron chi connectivity index (χ3n) is 3.11. The highest BCUT2D eigenvalue weighted by Gasteiger charge is 2.10. The summed E-state index contributed by atoms with van der Waals surface area (Å²) in [7, 11) is 0. The second-order valence-electron chi connectivity index (χ2n) is 5.10. The molecule has 0 saturated carbocycles. The number of esters is 1. The first-order chi connectivity index (χ1) is 12.0. The average Bonchev–Trinajstić information content (AvgIpc) is 2.60. The fourth-order valence-electron chi connectivity index (χ4n) is 1.92. The van der Waals surface area contributed by atoms with E-state index in [1.807, 2.05) is 30.3 Å². The van der Waals surface area contributed by atoms with Crippen LogP contribution in [0.5, 0.6) is 5.75 Å². The Morgan fingerprint density at radius 2 is 1.88 bits per heavy atom. The maximum atomic E-state index is 13.5. The van der Waals surface area contributed by atoms with Gasteiger partial charge in [0.1, 0.15) is 11.6 Å². The van der Waals surface area contributed by atoms with E-state index in [1.165, 1.54) is 12.1 Å². The van der Waals surface area contributed by atoms with Crippen LogP contribution in [0.3, 0.4) is 0 Å². The molecule has 1 N–H and O–H groups in total. The Bertz CT molecular complexity index is 724. The number of para-hydroxylation sites is 1. The third-order valence-corrected chi connectivity index (χ3v) is 3.34. The predicted octanol–water partition coefficient (Wildman–Crippen LogP) is 3.82. The molecule has 0 aliphatic heterocycles. The van der Waals surface area contributed by atoms with Crippen LogP contribution in [0.2, 0.25) is 5.02 Å². The van der Waals surface area contributed by atoms with Gasteiger partial charge in [0.05, 0.1) is 12.3 Å². The van der Waals surface area contributed by atoms with E-state index in [4.69, 9.17) is 21.1 Å². The summed E-state index contributed by atoms with van der Waals surface area (Å²) in [5.74, 6) is -1.09. The highest BCUT2D eigenvalue weighted by atomic mass is 35.5.